The Labute approximate surface area is 62.8 Å². The van der Waals surface area contributed by atoms with E-state index in [0.717, 1.165) is 12.8 Å². The molecule has 0 radical (unpaired) electrons. The lowest BCUT2D eigenvalue weighted by atomic mass is 10.1. The third-order valence-corrected chi connectivity index (χ3v) is 2.06. The molecule has 0 spiro atoms. The third kappa shape index (κ3) is 2.51. The Morgan fingerprint density at radius 3 is 2.60 bits per heavy atom. The van der Waals surface area contributed by atoms with Crippen molar-refractivity contribution < 1.29 is 4.79 Å². The molecule has 1 aliphatic rings. The molecule has 1 rings (SSSR count). The van der Waals surface area contributed by atoms with Gasteiger partial charge in [0, 0.05) is 12.3 Å². The van der Waals surface area contributed by atoms with Crippen LogP contribution in [0.25, 0.3) is 0 Å². The van der Waals surface area contributed by atoms with E-state index >= 15 is 0 Å². The first-order valence-corrected chi connectivity index (χ1v) is 4.37. The number of carbonyl (C=O) groups excluding carboxylic acids is 1. The van der Waals surface area contributed by atoms with Crippen LogP contribution < -0.4 is 0 Å². The van der Waals surface area contributed by atoms with E-state index in [4.69, 9.17) is 0 Å². The van der Waals surface area contributed by atoms with E-state index in [2.05, 4.69) is 6.92 Å². The molecule has 1 heteroatoms. The van der Waals surface area contributed by atoms with Gasteiger partial charge in [-0.2, -0.15) is 0 Å². The van der Waals surface area contributed by atoms with Gasteiger partial charge in [0.1, 0.15) is 5.78 Å². The Morgan fingerprint density at radius 1 is 1.40 bits per heavy atom. The zero-order chi connectivity index (χ0) is 7.40. The van der Waals surface area contributed by atoms with Crippen LogP contribution in [-0.2, 0) is 4.79 Å². The van der Waals surface area contributed by atoms with Crippen LogP contribution in [0.4, 0.5) is 0 Å². The van der Waals surface area contributed by atoms with Crippen LogP contribution >= 0.6 is 0 Å². The molecule has 0 aromatic carbocycles. The summed E-state index contributed by atoms with van der Waals surface area (Å²) in [5.74, 6) is 1.00. The standard InChI is InChI=1S/C9H16O/c1-2-3-4-5-9(10)8-6-7-8/h8H,2-7H2,1H3. The quantitative estimate of drug-likeness (QED) is 0.536. The van der Waals surface area contributed by atoms with E-state index < -0.39 is 0 Å². The molecule has 0 atom stereocenters. The van der Waals surface area contributed by atoms with Gasteiger partial charge in [-0.05, 0) is 19.3 Å². The van der Waals surface area contributed by atoms with E-state index in [1.807, 2.05) is 0 Å². The molecule has 0 aromatic heterocycles. The molecule has 1 saturated carbocycles. The summed E-state index contributed by atoms with van der Waals surface area (Å²) in [5.41, 5.74) is 0. The number of rotatable bonds is 5. The van der Waals surface area contributed by atoms with E-state index in [0.29, 0.717) is 11.7 Å². The highest BCUT2D eigenvalue weighted by molar-refractivity contribution is 5.82. The zero-order valence-electron chi connectivity index (χ0n) is 6.73. The Morgan fingerprint density at radius 2 is 2.10 bits per heavy atom. The van der Waals surface area contributed by atoms with Crippen molar-refractivity contribution in [2.75, 3.05) is 0 Å². The van der Waals surface area contributed by atoms with Crippen LogP contribution in [0.3, 0.4) is 0 Å². The molecule has 1 nitrogen and oxygen atoms in total. The maximum absolute atomic E-state index is 11.1. The maximum Gasteiger partial charge on any atom is 0.135 e. The van der Waals surface area contributed by atoms with Crippen molar-refractivity contribution >= 4 is 5.78 Å². The van der Waals surface area contributed by atoms with Gasteiger partial charge in [-0.15, -0.1) is 0 Å². The summed E-state index contributed by atoms with van der Waals surface area (Å²) < 4.78 is 0. The Hall–Kier alpha value is -0.330. The molecule has 0 unspecified atom stereocenters. The highest BCUT2D eigenvalue weighted by Gasteiger charge is 2.28. The minimum Gasteiger partial charge on any atom is -0.299 e. The lowest BCUT2D eigenvalue weighted by Crippen LogP contribution is -1.98. The van der Waals surface area contributed by atoms with Crippen LogP contribution in [0.15, 0.2) is 0 Å². The molecular formula is C9H16O. The van der Waals surface area contributed by atoms with Crippen molar-refractivity contribution in [1.29, 1.82) is 0 Å². The highest BCUT2D eigenvalue weighted by Crippen LogP contribution is 2.31. The summed E-state index contributed by atoms with van der Waals surface area (Å²) in [7, 11) is 0. The topological polar surface area (TPSA) is 17.1 Å². The molecule has 10 heavy (non-hydrogen) atoms. The number of ketones is 1. The summed E-state index contributed by atoms with van der Waals surface area (Å²) in [6.07, 6.45) is 6.75. The Kier molecular flexibility index (Phi) is 2.91. The number of carbonyl (C=O) groups is 1. The van der Waals surface area contributed by atoms with Gasteiger partial charge < -0.3 is 0 Å². The summed E-state index contributed by atoms with van der Waals surface area (Å²) in [4.78, 5) is 11.1. The first-order valence-electron chi connectivity index (χ1n) is 4.37. The van der Waals surface area contributed by atoms with Crippen molar-refractivity contribution in [2.45, 2.75) is 45.4 Å². The molecular weight excluding hydrogens is 124 g/mol. The van der Waals surface area contributed by atoms with E-state index in [1.165, 1.54) is 25.7 Å². The van der Waals surface area contributed by atoms with Crippen LogP contribution in [0, 0.1) is 5.92 Å². The fourth-order valence-electron chi connectivity index (χ4n) is 1.16. The van der Waals surface area contributed by atoms with E-state index in [-0.39, 0.29) is 0 Å². The molecule has 58 valence electrons. The predicted molar refractivity (Wildman–Crippen MR) is 41.9 cm³/mol. The number of Topliss-reactive ketones (excluding diaryl/α,β-unsaturated/α-hetero) is 1. The monoisotopic (exact) mass is 140 g/mol. The summed E-state index contributed by atoms with van der Waals surface area (Å²) in [6.45, 7) is 2.17. The summed E-state index contributed by atoms with van der Waals surface area (Å²) >= 11 is 0. The molecule has 0 N–H and O–H groups in total. The molecule has 1 aliphatic carbocycles. The lowest BCUT2D eigenvalue weighted by molar-refractivity contribution is -0.120. The second-order valence-electron chi connectivity index (χ2n) is 3.20. The van der Waals surface area contributed by atoms with Crippen molar-refractivity contribution in [2.24, 2.45) is 5.92 Å². The fourth-order valence-corrected chi connectivity index (χ4v) is 1.16. The number of hydrogen-bond donors (Lipinski definition) is 0. The van der Waals surface area contributed by atoms with E-state index in [1.54, 1.807) is 0 Å². The van der Waals surface area contributed by atoms with E-state index in [9.17, 15) is 4.79 Å². The first kappa shape index (κ1) is 7.77. The second kappa shape index (κ2) is 3.75. The normalized spacial score (nSPS) is 17.3. The summed E-state index contributed by atoms with van der Waals surface area (Å²) in [5, 5.41) is 0. The van der Waals surface area contributed by atoms with Crippen molar-refractivity contribution in [3.8, 4) is 0 Å². The zero-order valence-corrected chi connectivity index (χ0v) is 6.73. The lowest BCUT2D eigenvalue weighted by Gasteiger charge is -1.95. The van der Waals surface area contributed by atoms with Gasteiger partial charge in [-0.3, -0.25) is 4.79 Å². The number of unbranched alkanes of at least 4 members (excludes halogenated alkanes) is 2. The SMILES string of the molecule is CCCCCC(=O)C1CC1. The van der Waals surface area contributed by atoms with Gasteiger partial charge in [-0.1, -0.05) is 19.8 Å². The smallest absolute Gasteiger partial charge is 0.135 e. The molecule has 0 saturated heterocycles. The van der Waals surface area contributed by atoms with Crippen molar-refractivity contribution in [1.82, 2.24) is 0 Å². The van der Waals surface area contributed by atoms with Crippen LogP contribution in [-0.4, -0.2) is 5.78 Å². The maximum atomic E-state index is 11.1. The Bertz CT molecular complexity index is 114. The molecule has 0 bridgehead atoms. The average molecular weight is 140 g/mol. The molecule has 1 fully saturated rings. The van der Waals surface area contributed by atoms with Gasteiger partial charge in [-0.25, -0.2) is 0 Å². The van der Waals surface area contributed by atoms with Gasteiger partial charge in [0.05, 0.1) is 0 Å². The summed E-state index contributed by atoms with van der Waals surface area (Å²) in [6, 6.07) is 0. The van der Waals surface area contributed by atoms with Gasteiger partial charge in [0.25, 0.3) is 0 Å². The molecule has 0 heterocycles. The fraction of sp³-hybridized carbons (Fsp3) is 0.889. The molecule has 0 aromatic rings. The molecule has 0 aliphatic heterocycles. The minimum atomic E-state index is 0.483. The van der Waals surface area contributed by atoms with Gasteiger partial charge in [0.15, 0.2) is 0 Å². The third-order valence-electron chi connectivity index (χ3n) is 2.06. The van der Waals surface area contributed by atoms with Crippen LogP contribution in [0.5, 0.6) is 0 Å². The van der Waals surface area contributed by atoms with Crippen LogP contribution in [0.2, 0.25) is 0 Å². The average Bonchev–Trinajstić information content (AvgIpc) is 2.69. The van der Waals surface area contributed by atoms with Gasteiger partial charge >= 0.3 is 0 Å². The predicted octanol–water partition coefficient (Wildman–Crippen LogP) is 2.55. The first-order chi connectivity index (χ1) is 4.84. The minimum absolute atomic E-state index is 0.483. The van der Waals surface area contributed by atoms with Gasteiger partial charge in [0.2, 0.25) is 0 Å². The molecule has 0 amide bonds. The largest absolute Gasteiger partial charge is 0.299 e. The number of hydrogen-bond acceptors (Lipinski definition) is 1. The van der Waals surface area contributed by atoms with Crippen molar-refractivity contribution in [3.05, 3.63) is 0 Å². The second-order valence-corrected chi connectivity index (χ2v) is 3.20. The highest BCUT2D eigenvalue weighted by atomic mass is 16.1. The van der Waals surface area contributed by atoms with Crippen molar-refractivity contribution in [3.63, 3.8) is 0 Å². The Balaban J connectivity index is 1.95. The van der Waals surface area contributed by atoms with Crippen LogP contribution in [0.1, 0.15) is 45.4 Å².